The molecule has 90 valence electrons. The lowest BCUT2D eigenvalue weighted by atomic mass is 10.0. The van der Waals surface area contributed by atoms with Gasteiger partial charge in [0, 0.05) is 26.3 Å². The summed E-state index contributed by atoms with van der Waals surface area (Å²) in [6.07, 6.45) is 0.861. The molecule has 1 aromatic carbocycles. The van der Waals surface area contributed by atoms with E-state index in [1.807, 2.05) is 0 Å². The molecule has 0 aliphatic heterocycles. The molecule has 1 nitrogen and oxygen atoms in total. The fraction of sp³-hybridized carbons (Fsp3) is 0.231. The molecule has 1 unspecified atom stereocenters. The van der Waals surface area contributed by atoms with Gasteiger partial charge in [-0.15, -0.1) is 11.3 Å². The van der Waals surface area contributed by atoms with Crippen molar-refractivity contribution in [2.24, 2.45) is 5.73 Å². The van der Waals surface area contributed by atoms with E-state index in [9.17, 15) is 0 Å². The van der Waals surface area contributed by atoms with Gasteiger partial charge in [-0.05, 0) is 51.5 Å². The minimum Gasteiger partial charge on any atom is -0.324 e. The van der Waals surface area contributed by atoms with Crippen molar-refractivity contribution in [3.05, 3.63) is 54.6 Å². The van der Waals surface area contributed by atoms with Crippen LogP contribution in [0.15, 0.2) is 38.6 Å². The first-order chi connectivity index (χ1) is 8.08. The monoisotopic (exact) mass is 373 g/mol. The third-order valence-corrected chi connectivity index (χ3v) is 5.29. The van der Waals surface area contributed by atoms with Gasteiger partial charge < -0.3 is 5.73 Å². The first kappa shape index (κ1) is 13.3. The Morgan fingerprint density at radius 1 is 1.24 bits per heavy atom. The lowest BCUT2D eigenvalue weighted by Crippen LogP contribution is -2.13. The zero-order chi connectivity index (χ0) is 12.4. The molecular formula is C13H13Br2NS. The number of rotatable bonds is 3. The smallest absolute Gasteiger partial charge is 0.0355 e. The minimum absolute atomic E-state index is 0.0277. The van der Waals surface area contributed by atoms with Gasteiger partial charge in [-0.3, -0.25) is 0 Å². The molecule has 0 aliphatic carbocycles. The van der Waals surface area contributed by atoms with Gasteiger partial charge in [0.2, 0.25) is 0 Å². The average molecular weight is 375 g/mol. The summed E-state index contributed by atoms with van der Waals surface area (Å²) in [5, 5.41) is 2.08. The van der Waals surface area contributed by atoms with E-state index in [0.717, 1.165) is 20.9 Å². The molecule has 1 aromatic heterocycles. The van der Waals surface area contributed by atoms with Crippen molar-refractivity contribution in [2.75, 3.05) is 0 Å². The van der Waals surface area contributed by atoms with Gasteiger partial charge in [-0.25, -0.2) is 0 Å². The summed E-state index contributed by atoms with van der Waals surface area (Å²) in [7, 11) is 0. The Kier molecular flexibility index (Phi) is 4.42. The highest BCUT2D eigenvalue weighted by atomic mass is 79.9. The van der Waals surface area contributed by atoms with Crippen LogP contribution in [0.5, 0.6) is 0 Å². The fourth-order valence-electron chi connectivity index (χ4n) is 1.71. The lowest BCUT2D eigenvalue weighted by Gasteiger charge is -2.14. The summed E-state index contributed by atoms with van der Waals surface area (Å²) in [5.74, 6) is 0. The second-order valence-electron chi connectivity index (χ2n) is 4.03. The van der Waals surface area contributed by atoms with Crippen LogP contribution in [-0.2, 0) is 6.42 Å². The topological polar surface area (TPSA) is 26.0 Å². The molecule has 4 heteroatoms. The molecule has 2 N–H and O–H groups in total. The quantitative estimate of drug-likeness (QED) is 0.818. The predicted molar refractivity (Wildman–Crippen MR) is 81.5 cm³/mol. The van der Waals surface area contributed by atoms with Crippen molar-refractivity contribution in [1.82, 2.24) is 0 Å². The molecule has 0 bridgehead atoms. The Bertz CT molecular complexity index is 522. The first-order valence-corrected chi connectivity index (χ1v) is 7.78. The molecule has 1 atom stereocenters. The Hall–Kier alpha value is -0.160. The SMILES string of the molecule is Cc1ccc(C(N)Cc2sccc2Br)c(Br)c1. The van der Waals surface area contributed by atoms with Crippen LogP contribution in [0, 0.1) is 6.92 Å². The number of thiophene rings is 1. The van der Waals surface area contributed by atoms with E-state index in [-0.39, 0.29) is 6.04 Å². The highest BCUT2D eigenvalue weighted by Gasteiger charge is 2.13. The molecule has 0 spiro atoms. The molecule has 0 saturated heterocycles. The highest BCUT2D eigenvalue weighted by molar-refractivity contribution is 9.10. The third kappa shape index (κ3) is 3.19. The fourth-order valence-corrected chi connectivity index (χ4v) is 4.07. The van der Waals surface area contributed by atoms with Crippen LogP contribution in [0.4, 0.5) is 0 Å². The molecule has 0 aliphatic rings. The maximum Gasteiger partial charge on any atom is 0.0355 e. The van der Waals surface area contributed by atoms with Crippen molar-refractivity contribution in [1.29, 1.82) is 0 Å². The van der Waals surface area contributed by atoms with Crippen LogP contribution in [0.3, 0.4) is 0 Å². The maximum absolute atomic E-state index is 6.26. The lowest BCUT2D eigenvalue weighted by molar-refractivity contribution is 0.724. The van der Waals surface area contributed by atoms with Gasteiger partial charge in [0.15, 0.2) is 0 Å². The molecule has 0 saturated carbocycles. The Balaban J connectivity index is 2.20. The zero-order valence-electron chi connectivity index (χ0n) is 9.41. The Morgan fingerprint density at radius 2 is 2.00 bits per heavy atom. The second kappa shape index (κ2) is 5.65. The van der Waals surface area contributed by atoms with Crippen LogP contribution in [0.1, 0.15) is 22.0 Å². The molecule has 1 heterocycles. The van der Waals surface area contributed by atoms with E-state index in [1.165, 1.54) is 10.4 Å². The van der Waals surface area contributed by atoms with Crippen molar-refractivity contribution in [3.63, 3.8) is 0 Å². The largest absolute Gasteiger partial charge is 0.324 e. The van der Waals surface area contributed by atoms with E-state index in [4.69, 9.17) is 5.73 Å². The van der Waals surface area contributed by atoms with Crippen LogP contribution in [0.2, 0.25) is 0 Å². The first-order valence-electron chi connectivity index (χ1n) is 5.31. The van der Waals surface area contributed by atoms with E-state index < -0.39 is 0 Å². The van der Waals surface area contributed by atoms with Gasteiger partial charge in [0.1, 0.15) is 0 Å². The van der Waals surface area contributed by atoms with Gasteiger partial charge >= 0.3 is 0 Å². The standard InChI is InChI=1S/C13H13Br2NS/c1-8-2-3-9(11(15)6-8)12(16)7-13-10(14)4-5-17-13/h2-6,12H,7,16H2,1H3. The number of aryl methyl sites for hydroxylation is 1. The summed E-state index contributed by atoms with van der Waals surface area (Å²) >= 11 is 8.86. The van der Waals surface area contributed by atoms with Crippen LogP contribution in [-0.4, -0.2) is 0 Å². The van der Waals surface area contributed by atoms with Crippen molar-refractivity contribution < 1.29 is 0 Å². The zero-order valence-corrected chi connectivity index (χ0v) is 13.4. The summed E-state index contributed by atoms with van der Waals surface area (Å²) in [6.45, 7) is 2.08. The number of halogens is 2. The van der Waals surface area contributed by atoms with E-state index >= 15 is 0 Å². The second-order valence-corrected chi connectivity index (χ2v) is 6.74. The minimum atomic E-state index is 0.0277. The van der Waals surface area contributed by atoms with Crippen molar-refractivity contribution in [3.8, 4) is 0 Å². The van der Waals surface area contributed by atoms with Crippen molar-refractivity contribution >= 4 is 43.2 Å². The summed E-state index contributed by atoms with van der Waals surface area (Å²) in [6, 6.07) is 8.41. The molecular weight excluding hydrogens is 362 g/mol. The predicted octanol–water partition coefficient (Wildman–Crippen LogP) is 4.82. The number of benzene rings is 1. The maximum atomic E-state index is 6.26. The number of nitrogens with two attached hydrogens (primary N) is 1. The molecule has 2 rings (SSSR count). The molecule has 0 fully saturated rings. The number of hydrogen-bond acceptors (Lipinski definition) is 2. The van der Waals surface area contributed by atoms with Gasteiger partial charge in [-0.2, -0.15) is 0 Å². The average Bonchev–Trinajstić information content (AvgIpc) is 2.64. The van der Waals surface area contributed by atoms with E-state index in [2.05, 4.69) is 68.4 Å². The van der Waals surface area contributed by atoms with Gasteiger partial charge in [0.05, 0.1) is 0 Å². The third-order valence-electron chi connectivity index (χ3n) is 2.65. The molecule has 2 aromatic rings. The van der Waals surface area contributed by atoms with Crippen LogP contribution in [0.25, 0.3) is 0 Å². The Labute approximate surface area is 122 Å². The van der Waals surface area contributed by atoms with E-state index in [1.54, 1.807) is 11.3 Å². The summed E-state index contributed by atoms with van der Waals surface area (Å²) < 4.78 is 2.25. The van der Waals surface area contributed by atoms with Crippen molar-refractivity contribution in [2.45, 2.75) is 19.4 Å². The summed E-state index contributed by atoms with van der Waals surface area (Å²) in [5.41, 5.74) is 8.67. The highest BCUT2D eigenvalue weighted by Crippen LogP contribution is 2.30. The molecule has 17 heavy (non-hydrogen) atoms. The molecule has 0 amide bonds. The normalized spacial score (nSPS) is 12.7. The Morgan fingerprint density at radius 3 is 2.59 bits per heavy atom. The van der Waals surface area contributed by atoms with Gasteiger partial charge in [0.25, 0.3) is 0 Å². The number of hydrogen-bond donors (Lipinski definition) is 1. The summed E-state index contributed by atoms with van der Waals surface area (Å²) in [4.78, 5) is 1.30. The molecule has 0 radical (unpaired) electrons. The van der Waals surface area contributed by atoms with Crippen LogP contribution >= 0.6 is 43.2 Å². The van der Waals surface area contributed by atoms with Crippen LogP contribution < -0.4 is 5.73 Å². The van der Waals surface area contributed by atoms with Gasteiger partial charge in [-0.1, -0.05) is 28.1 Å². The van der Waals surface area contributed by atoms with E-state index in [0.29, 0.717) is 0 Å².